The van der Waals surface area contributed by atoms with Crippen LogP contribution < -0.4 is 11.1 Å². The molecule has 16 heavy (non-hydrogen) atoms. The van der Waals surface area contributed by atoms with Crippen LogP contribution >= 0.6 is 0 Å². The average Bonchev–Trinajstić information content (AvgIpc) is 2.44. The number of amides is 1. The van der Waals surface area contributed by atoms with Crippen molar-refractivity contribution in [3.05, 3.63) is 11.8 Å². The summed E-state index contributed by atoms with van der Waals surface area (Å²) in [4.78, 5) is 11.5. The molecule has 0 aliphatic carbocycles. The molecule has 0 bridgehead atoms. The molecule has 0 saturated heterocycles. The number of ether oxygens (including phenoxy) is 1. The number of carbonyl (C=O) groups is 1. The lowest BCUT2D eigenvalue weighted by molar-refractivity contribution is 0.0634. The predicted octanol–water partition coefficient (Wildman–Crippen LogP) is 1.23. The van der Waals surface area contributed by atoms with Gasteiger partial charge in [0, 0.05) is 19.2 Å². The summed E-state index contributed by atoms with van der Waals surface area (Å²) in [6, 6.07) is 0. The van der Waals surface area contributed by atoms with Gasteiger partial charge in [-0.1, -0.05) is 0 Å². The van der Waals surface area contributed by atoms with Crippen molar-refractivity contribution in [2.24, 2.45) is 12.8 Å². The normalized spacial score (nSPS) is 11.3. The molecule has 0 unspecified atom stereocenters. The molecule has 90 valence electrons. The molecule has 0 aliphatic heterocycles. The number of nitrogens with zero attached hydrogens (tertiary/aromatic N) is 2. The van der Waals surface area contributed by atoms with Gasteiger partial charge in [0.2, 0.25) is 0 Å². The SMILES string of the molecule is Cn1ncc(CN)c1NC(=O)OC(C)(C)C. The molecule has 0 radical (unpaired) electrons. The average molecular weight is 226 g/mol. The van der Waals surface area contributed by atoms with Gasteiger partial charge in [-0.3, -0.25) is 10.00 Å². The van der Waals surface area contributed by atoms with Gasteiger partial charge >= 0.3 is 6.09 Å². The van der Waals surface area contributed by atoms with Gasteiger partial charge in [-0.25, -0.2) is 4.79 Å². The van der Waals surface area contributed by atoms with Crippen LogP contribution in [0.15, 0.2) is 6.20 Å². The Labute approximate surface area is 94.8 Å². The number of aryl methyl sites for hydroxylation is 1. The van der Waals surface area contributed by atoms with Crippen LogP contribution in [0, 0.1) is 0 Å². The number of nitrogens with two attached hydrogens (primary N) is 1. The number of aromatic nitrogens is 2. The van der Waals surface area contributed by atoms with Gasteiger partial charge in [0.05, 0.1) is 6.20 Å². The minimum Gasteiger partial charge on any atom is -0.444 e. The largest absolute Gasteiger partial charge is 0.444 e. The van der Waals surface area contributed by atoms with Crippen LogP contribution in [0.3, 0.4) is 0 Å². The first-order valence-electron chi connectivity index (χ1n) is 5.04. The monoisotopic (exact) mass is 226 g/mol. The molecule has 0 spiro atoms. The summed E-state index contributed by atoms with van der Waals surface area (Å²) in [6.45, 7) is 5.73. The molecule has 3 N–H and O–H groups in total. The third kappa shape index (κ3) is 3.23. The molecule has 1 heterocycles. The molecule has 0 saturated carbocycles. The van der Waals surface area contributed by atoms with Gasteiger partial charge < -0.3 is 10.5 Å². The fourth-order valence-electron chi connectivity index (χ4n) is 1.19. The van der Waals surface area contributed by atoms with Crippen molar-refractivity contribution in [1.29, 1.82) is 0 Å². The zero-order valence-electron chi connectivity index (χ0n) is 10.1. The topological polar surface area (TPSA) is 82.2 Å². The first-order chi connectivity index (χ1) is 7.33. The summed E-state index contributed by atoms with van der Waals surface area (Å²) >= 11 is 0. The maximum atomic E-state index is 11.5. The second kappa shape index (κ2) is 4.52. The highest BCUT2D eigenvalue weighted by molar-refractivity contribution is 5.84. The van der Waals surface area contributed by atoms with Crippen LogP contribution in [0.25, 0.3) is 0 Å². The third-order valence-electron chi connectivity index (χ3n) is 1.85. The Bertz CT molecular complexity index is 379. The van der Waals surface area contributed by atoms with Crippen LogP contribution in [-0.2, 0) is 18.3 Å². The van der Waals surface area contributed by atoms with E-state index in [9.17, 15) is 4.79 Å². The standard InChI is InChI=1S/C10H18N4O2/c1-10(2,3)16-9(15)13-8-7(5-11)6-12-14(8)4/h6H,5,11H2,1-4H3,(H,13,15). The van der Waals surface area contributed by atoms with Gasteiger partial charge in [0.25, 0.3) is 0 Å². The number of carbonyl (C=O) groups excluding carboxylic acids is 1. The highest BCUT2D eigenvalue weighted by Gasteiger charge is 2.18. The van der Waals surface area contributed by atoms with Crippen LogP contribution in [0.5, 0.6) is 0 Å². The highest BCUT2D eigenvalue weighted by atomic mass is 16.6. The predicted molar refractivity (Wildman–Crippen MR) is 61.0 cm³/mol. The number of anilines is 1. The Kier molecular flexibility index (Phi) is 3.54. The fourth-order valence-corrected chi connectivity index (χ4v) is 1.19. The quantitative estimate of drug-likeness (QED) is 0.794. The summed E-state index contributed by atoms with van der Waals surface area (Å²) in [6.07, 6.45) is 1.11. The Morgan fingerprint density at radius 3 is 2.75 bits per heavy atom. The lowest BCUT2D eigenvalue weighted by Crippen LogP contribution is -2.28. The zero-order chi connectivity index (χ0) is 12.3. The number of nitrogens with one attached hydrogen (secondary N) is 1. The van der Waals surface area contributed by atoms with Crippen LogP contribution in [0.4, 0.5) is 10.6 Å². The Balaban J connectivity index is 2.73. The maximum absolute atomic E-state index is 11.5. The molecule has 6 nitrogen and oxygen atoms in total. The molecular weight excluding hydrogens is 208 g/mol. The Morgan fingerprint density at radius 1 is 1.62 bits per heavy atom. The van der Waals surface area contributed by atoms with Crippen LogP contribution in [0.2, 0.25) is 0 Å². The van der Waals surface area contributed by atoms with E-state index in [0.717, 1.165) is 5.56 Å². The first kappa shape index (κ1) is 12.5. The maximum Gasteiger partial charge on any atom is 0.413 e. The van der Waals surface area contributed by atoms with E-state index in [1.165, 1.54) is 0 Å². The molecular formula is C10H18N4O2. The van der Waals surface area contributed by atoms with E-state index in [1.807, 2.05) is 0 Å². The lowest BCUT2D eigenvalue weighted by Gasteiger charge is -2.19. The summed E-state index contributed by atoms with van der Waals surface area (Å²) in [5.74, 6) is 0.566. The number of rotatable bonds is 2. The number of hydrogen-bond acceptors (Lipinski definition) is 4. The van der Waals surface area contributed by atoms with Gasteiger partial charge in [-0.15, -0.1) is 0 Å². The molecule has 0 aromatic carbocycles. The molecule has 1 rings (SSSR count). The van der Waals surface area contributed by atoms with E-state index in [4.69, 9.17) is 10.5 Å². The molecule has 1 aromatic rings. The second-order valence-corrected chi connectivity index (χ2v) is 4.47. The van der Waals surface area contributed by atoms with E-state index in [2.05, 4.69) is 10.4 Å². The smallest absolute Gasteiger partial charge is 0.413 e. The zero-order valence-corrected chi connectivity index (χ0v) is 10.1. The van der Waals surface area contributed by atoms with Crippen molar-refractivity contribution in [1.82, 2.24) is 9.78 Å². The van der Waals surface area contributed by atoms with Crippen molar-refractivity contribution in [2.75, 3.05) is 5.32 Å². The molecule has 6 heteroatoms. The molecule has 0 fully saturated rings. The van der Waals surface area contributed by atoms with Crippen molar-refractivity contribution in [3.8, 4) is 0 Å². The molecule has 1 aromatic heterocycles. The molecule has 1 amide bonds. The van der Waals surface area contributed by atoms with Crippen molar-refractivity contribution in [2.45, 2.75) is 32.9 Å². The fraction of sp³-hybridized carbons (Fsp3) is 0.600. The Hall–Kier alpha value is -1.56. The number of hydrogen-bond donors (Lipinski definition) is 2. The molecule has 0 aliphatic rings. The lowest BCUT2D eigenvalue weighted by atomic mass is 10.2. The van der Waals surface area contributed by atoms with E-state index >= 15 is 0 Å². The van der Waals surface area contributed by atoms with Gasteiger partial charge in [-0.05, 0) is 20.8 Å². The van der Waals surface area contributed by atoms with Crippen LogP contribution in [-0.4, -0.2) is 21.5 Å². The summed E-state index contributed by atoms with van der Waals surface area (Å²) in [7, 11) is 1.73. The Morgan fingerprint density at radius 2 is 2.25 bits per heavy atom. The summed E-state index contributed by atoms with van der Waals surface area (Å²) < 4.78 is 6.68. The van der Waals surface area contributed by atoms with E-state index < -0.39 is 11.7 Å². The van der Waals surface area contributed by atoms with Crippen molar-refractivity contribution >= 4 is 11.9 Å². The van der Waals surface area contributed by atoms with E-state index in [-0.39, 0.29) is 0 Å². The van der Waals surface area contributed by atoms with E-state index in [1.54, 1.807) is 38.7 Å². The minimum atomic E-state index is -0.522. The third-order valence-corrected chi connectivity index (χ3v) is 1.85. The van der Waals surface area contributed by atoms with Crippen molar-refractivity contribution < 1.29 is 9.53 Å². The van der Waals surface area contributed by atoms with Gasteiger partial charge in [0.1, 0.15) is 11.4 Å². The second-order valence-electron chi connectivity index (χ2n) is 4.47. The van der Waals surface area contributed by atoms with E-state index in [0.29, 0.717) is 12.4 Å². The van der Waals surface area contributed by atoms with Gasteiger partial charge in [-0.2, -0.15) is 5.10 Å². The van der Waals surface area contributed by atoms with Gasteiger partial charge in [0.15, 0.2) is 0 Å². The highest BCUT2D eigenvalue weighted by Crippen LogP contribution is 2.15. The first-order valence-corrected chi connectivity index (χ1v) is 5.04. The van der Waals surface area contributed by atoms with Crippen molar-refractivity contribution in [3.63, 3.8) is 0 Å². The molecule has 0 atom stereocenters. The van der Waals surface area contributed by atoms with Crippen LogP contribution in [0.1, 0.15) is 26.3 Å². The summed E-state index contributed by atoms with van der Waals surface area (Å²) in [5.41, 5.74) is 5.77. The minimum absolute atomic E-state index is 0.318. The summed E-state index contributed by atoms with van der Waals surface area (Å²) in [5, 5.41) is 6.63.